The van der Waals surface area contributed by atoms with Gasteiger partial charge >= 0.3 is 0 Å². The molecule has 1 fully saturated rings. The molecule has 0 radical (unpaired) electrons. The monoisotopic (exact) mass is 407 g/mol. The van der Waals surface area contributed by atoms with Crippen molar-refractivity contribution < 1.29 is 14.3 Å². The van der Waals surface area contributed by atoms with Crippen molar-refractivity contribution in [2.45, 2.75) is 19.9 Å². The predicted octanol–water partition coefficient (Wildman–Crippen LogP) is 2.05. The Hall–Kier alpha value is -3.42. The Morgan fingerprint density at radius 2 is 2.13 bits per heavy atom. The standard InChI is InChI=1S/C22H25N5O3/c1-13-23-9-15(10-24-22(29)14-7-20(28)27(3)11-14)21(25-13)18-12-26(2)19-6-5-16(30-4)8-17(18)19/h5-6,8-9,12,14H,7,10-11H2,1-4H3,(H,24,29). The predicted molar refractivity (Wildman–Crippen MR) is 113 cm³/mol. The van der Waals surface area contributed by atoms with Gasteiger partial charge in [0.05, 0.1) is 18.7 Å². The van der Waals surface area contributed by atoms with Crippen LogP contribution in [0, 0.1) is 12.8 Å². The molecular weight excluding hydrogens is 382 g/mol. The summed E-state index contributed by atoms with van der Waals surface area (Å²) < 4.78 is 7.44. The number of amides is 2. The molecule has 3 heterocycles. The van der Waals surface area contributed by atoms with Gasteiger partial charge in [-0.25, -0.2) is 9.97 Å². The SMILES string of the molecule is COc1ccc2c(c1)c(-c1nc(C)ncc1CNC(=O)C1CC(=O)N(C)C1)cn2C. The number of carbonyl (C=O) groups is 2. The third kappa shape index (κ3) is 3.60. The number of hydrogen-bond donors (Lipinski definition) is 1. The molecule has 8 heteroatoms. The van der Waals surface area contributed by atoms with Crippen LogP contribution in [-0.4, -0.2) is 52.0 Å². The quantitative estimate of drug-likeness (QED) is 0.699. The average molecular weight is 407 g/mol. The number of nitrogens with zero attached hydrogens (tertiary/aromatic N) is 4. The lowest BCUT2D eigenvalue weighted by Gasteiger charge is -2.13. The third-order valence-electron chi connectivity index (χ3n) is 5.60. The minimum absolute atomic E-state index is 0.000731. The maximum Gasteiger partial charge on any atom is 0.225 e. The van der Waals surface area contributed by atoms with Gasteiger partial charge in [-0.2, -0.15) is 0 Å². The van der Waals surface area contributed by atoms with Crippen LogP contribution in [0.5, 0.6) is 5.75 Å². The summed E-state index contributed by atoms with van der Waals surface area (Å²) in [6.45, 7) is 2.59. The molecule has 8 nitrogen and oxygen atoms in total. The third-order valence-corrected chi connectivity index (χ3v) is 5.60. The summed E-state index contributed by atoms with van der Waals surface area (Å²) in [5.41, 5.74) is 3.62. The summed E-state index contributed by atoms with van der Waals surface area (Å²) in [7, 11) is 5.35. The van der Waals surface area contributed by atoms with E-state index in [1.54, 1.807) is 25.3 Å². The maximum absolute atomic E-state index is 12.6. The minimum Gasteiger partial charge on any atom is -0.497 e. The second-order valence-corrected chi connectivity index (χ2v) is 7.72. The number of rotatable bonds is 5. The van der Waals surface area contributed by atoms with Crippen LogP contribution in [0.2, 0.25) is 0 Å². The summed E-state index contributed by atoms with van der Waals surface area (Å²) in [6, 6.07) is 5.93. The van der Waals surface area contributed by atoms with E-state index in [2.05, 4.69) is 15.3 Å². The van der Waals surface area contributed by atoms with Gasteiger partial charge in [-0.05, 0) is 25.1 Å². The fourth-order valence-electron chi connectivity index (χ4n) is 3.91. The van der Waals surface area contributed by atoms with Crippen molar-refractivity contribution in [3.8, 4) is 17.0 Å². The van der Waals surface area contributed by atoms with Gasteiger partial charge in [-0.1, -0.05) is 0 Å². The summed E-state index contributed by atoms with van der Waals surface area (Å²) in [5, 5.41) is 3.98. The van der Waals surface area contributed by atoms with E-state index in [4.69, 9.17) is 4.74 Å². The molecule has 0 spiro atoms. The van der Waals surface area contributed by atoms with E-state index in [-0.39, 0.29) is 24.2 Å². The van der Waals surface area contributed by atoms with Crippen molar-refractivity contribution >= 4 is 22.7 Å². The number of benzene rings is 1. The molecule has 2 amide bonds. The maximum atomic E-state index is 12.6. The van der Waals surface area contributed by atoms with Gasteiger partial charge in [0, 0.05) is 68.0 Å². The Bertz CT molecular complexity index is 1140. The lowest BCUT2D eigenvalue weighted by molar-refractivity contribution is -0.128. The molecule has 1 aliphatic heterocycles. The zero-order chi connectivity index (χ0) is 21.4. The van der Waals surface area contributed by atoms with Gasteiger partial charge in [0.25, 0.3) is 0 Å². The molecule has 0 aliphatic carbocycles. The molecule has 1 N–H and O–H groups in total. The molecule has 3 aromatic rings. The highest BCUT2D eigenvalue weighted by molar-refractivity contribution is 5.96. The summed E-state index contributed by atoms with van der Waals surface area (Å²) in [5.74, 6) is 0.978. The van der Waals surface area contributed by atoms with Crippen molar-refractivity contribution in [1.29, 1.82) is 0 Å². The molecule has 4 rings (SSSR count). The first-order valence-electron chi connectivity index (χ1n) is 9.85. The summed E-state index contributed by atoms with van der Waals surface area (Å²) >= 11 is 0. The number of aromatic nitrogens is 3. The molecule has 1 unspecified atom stereocenters. The summed E-state index contributed by atoms with van der Waals surface area (Å²) in [6.07, 6.45) is 4.04. The Balaban J connectivity index is 1.66. The highest BCUT2D eigenvalue weighted by Gasteiger charge is 2.32. The molecule has 1 atom stereocenters. The minimum atomic E-state index is -0.320. The van der Waals surface area contributed by atoms with E-state index in [1.807, 2.05) is 42.9 Å². The number of fused-ring (bicyclic) bond motifs is 1. The number of carbonyl (C=O) groups excluding carboxylic acids is 2. The number of ether oxygens (including phenoxy) is 1. The van der Waals surface area contributed by atoms with Gasteiger partial charge in [0.15, 0.2) is 0 Å². The van der Waals surface area contributed by atoms with Crippen LogP contribution in [-0.2, 0) is 23.2 Å². The van der Waals surface area contributed by atoms with Crippen LogP contribution in [0.4, 0.5) is 0 Å². The van der Waals surface area contributed by atoms with Crippen LogP contribution in [0.1, 0.15) is 17.8 Å². The fraction of sp³-hybridized carbons (Fsp3) is 0.364. The van der Waals surface area contributed by atoms with Gasteiger partial charge in [-0.15, -0.1) is 0 Å². The molecule has 156 valence electrons. The molecular formula is C22H25N5O3. The van der Waals surface area contributed by atoms with E-state index in [0.29, 0.717) is 18.9 Å². The lowest BCUT2D eigenvalue weighted by Crippen LogP contribution is -2.32. The molecule has 1 aromatic carbocycles. The number of methoxy groups -OCH3 is 1. The van der Waals surface area contributed by atoms with Gasteiger partial charge in [0.2, 0.25) is 11.8 Å². The normalized spacial score (nSPS) is 16.3. The fourth-order valence-corrected chi connectivity index (χ4v) is 3.91. The second-order valence-electron chi connectivity index (χ2n) is 7.72. The van der Waals surface area contributed by atoms with E-state index >= 15 is 0 Å². The van der Waals surface area contributed by atoms with Crippen LogP contribution in [0.3, 0.4) is 0 Å². The van der Waals surface area contributed by atoms with E-state index < -0.39 is 0 Å². The molecule has 2 aromatic heterocycles. The molecule has 1 saturated heterocycles. The highest BCUT2D eigenvalue weighted by atomic mass is 16.5. The van der Waals surface area contributed by atoms with Crippen molar-refractivity contribution in [3.63, 3.8) is 0 Å². The molecule has 0 saturated carbocycles. The average Bonchev–Trinajstić information content (AvgIpc) is 3.25. The first-order chi connectivity index (χ1) is 14.4. The molecule has 30 heavy (non-hydrogen) atoms. The first kappa shape index (κ1) is 19.9. The highest BCUT2D eigenvalue weighted by Crippen LogP contribution is 2.33. The Morgan fingerprint density at radius 1 is 1.33 bits per heavy atom. The zero-order valence-electron chi connectivity index (χ0n) is 17.6. The Labute approximate surface area is 174 Å². The van der Waals surface area contributed by atoms with Crippen LogP contribution < -0.4 is 10.1 Å². The number of hydrogen-bond acceptors (Lipinski definition) is 5. The van der Waals surface area contributed by atoms with Crippen LogP contribution in [0.15, 0.2) is 30.6 Å². The number of aryl methyl sites for hydroxylation is 2. The second kappa shape index (κ2) is 7.78. The van der Waals surface area contributed by atoms with E-state index in [1.165, 1.54) is 0 Å². The molecule has 1 aliphatic rings. The van der Waals surface area contributed by atoms with Crippen molar-refractivity contribution in [3.05, 3.63) is 42.0 Å². The van der Waals surface area contributed by atoms with Crippen LogP contribution in [0.25, 0.3) is 22.2 Å². The first-order valence-corrected chi connectivity index (χ1v) is 9.85. The zero-order valence-corrected chi connectivity index (χ0v) is 17.6. The summed E-state index contributed by atoms with van der Waals surface area (Å²) in [4.78, 5) is 34.9. The van der Waals surface area contributed by atoms with E-state index in [0.717, 1.165) is 33.5 Å². The van der Waals surface area contributed by atoms with E-state index in [9.17, 15) is 9.59 Å². The molecule has 0 bridgehead atoms. The van der Waals surface area contributed by atoms with Crippen molar-refractivity contribution in [2.24, 2.45) is 13.0 Å². The van der Waals surface area contributed by atoms with Crippen molar-refractivity contribution in [2.75, 3.05) is 20.7 Å². The van der Waals surface area contributed by atoms with Gasteiger partial charge in [0.1, 0.15) is 11.6 Å². The number of nitrogens with one attached hydrogen (secondary N) is 1. The largest absolute Gasteiger partial charge is 0.497 e. The van der Waals surface area contributed by atoms with Gasteiger partial charge < -0.3 is 19.5 Å². The lowest BCUT2D eigenvalue weighted by atomic mass is 10.0. The smallest absolute Gasteiger partial charge is 0.225 e. The van der Waals surface area contributed by atoms with Crippen molar-refractivity contribution in [1.82, 2.24) is 24.8 Å². The van der Waals surface area contributed by atoms with Crippen LogP contribution >= 0.6 is 0 Å². The number of likely N-dealkylation sites (tertiary alicyclic amines) is 1. The Kier molecular flexibility index (Phi) is 5.15. The van der Waals surface area contributed by atoms with Gasteiger partial charge in [-0.3, -0.25) is 9.59 Å². The topological polar surface area (TPSA) is 89.3 Å². The Morgan fingerprint density at radius 3 is 2.83 bits per heavy atom.